The van der Waals surface area contributed by atoms with Crippen molar-refractivity contribution in [3.05, 3.63) is 0 Å². The van der Waals surface area contributed by atoms with Gasteiger partial charge in [-0.3, -0.25) is 19.2 Å². The number of aliphatic hydroxyl groups is 2. The lowest BCUT2D eigenvalue weighted by Gasteiger charge is -2.62. The zero-order valence-electron chi connectivity index (χ0n) is 22.2. The zero-order valence-corrected chi connectivity index (χ0v) is 22.2. The van der Waals surface area contributed by atoms with E-state index in [1.807, 2.05) is 13.8 Å². The number of hydrogen-bond acceptors (Lipinski definition) is 11. The summed E-state index contributed by atoms with van der Waals surface area (Å²) < 4.78 is 26.6. The topological polar surface area (TPSA) is 155 Å². The van der Waals surface area contributed by atoms with Gasteiger partial charge in [-0.15, -0.1) is 0 Å². The highest BCUT2D eigenvalue weighted by molar-refractivity contribution is 5.94. The van der Waals surface area contributed by atoms with Crippen LogP contribution in [0, 0.1) is 34.5 Å². The quantitative estimate of drug-likeness (QED) is 0.488. The maximum atomic E-state index is 14.0. The predicted octanol–water partition coefficient (Wildman–Crippen LogP) is 0.765. The number of carbonyl (C=O) groups excluding carboxylic acids is 4. The van der Waals surface area contributed by atoms with Crippen molar-refractivity contribution in [2.75, 3.05) is 21.3 Å². The Bertz CT molecular complexity index is 962. The summed E-state index contributed by atoms with van der Waals surface area (Å²) in [5, 5.41) is 22.8. The Morgan fingerprint density at radius 2 is 1.76 bits per heavy atom. The monoisotopic (exact) mass is 526 g/mol. The molecule has 1 aliphatic heterocycles. The van der Waals surface area contributed by atoms with E-state index in [1.54, 1.807) is 0 Å². The molecule has 3 aliphatic carbocycles. The molecule has 0 radical (unpaired) electrons. The zero-order chi connectivity index (χ0) is 27.5. The van der Waals surface area contributed by atoms with Crippen molar-refractivity contribution in [1.82, 2.24) is 0 Å². The second-order valence-electron chi connectivity index (χ2n) is 11.6. The smallest absolute Gasteiger partial charge is 0.309 e. The summed E-state index contributed by atoms with van der Waals surface area (Å²) >= 11 is 0. The molecule has 3 saturated carbocycles. The van der Waals surface area contributed by atoms with Crippen LogP contribution in [0.15, 0.2) is 0 Å². The van der Waals surface area contributed by atoms with Gasteiger partial charge in [-0.25, -0.2) is 0 Å². The first-order valence-electron chi connectivity index (χ1n) is 12.7. The van der Waals surface area contributed by atoms with E-state index in [2.05, 4.69) is 0 Å². The predicted molar refractivity (Wildman–Crippen MR) is 124 cm³/mol. The molecule has 0 bridgehead atoms. The Hall–Kier alpha value is -1.92. The van der Waals surface area contributed by atoms with Gasteiger partial charge in [0.2, 0.25) is 0 Å². The normalized spacial score (nSPS) is 47.7. The van der Waals surface area contributed by atoms with Gasteiger partial charge in [0.15, 0.2) is 24.5 Å². The first kappa shape index (κ1) is 28.1. The Morgan fingerprint density at radius 3 is 2.32 bits per heavy atom. The molecule has 1 heterocycles. The fourth-order valence-corrected chi connectivity index (χ4v) is 8.14. The minimum atomic E-state index is -1.98. The molecule has 4 fully saturated rings. The Balaban J connectivity index is 1.80. The third kappa shape index (κ3) is 4.05. The molecule has 0 aromatic carbocycles. The van der Waals surface area contributed by atoms with Gasteiger partial charge in [0.1, 0.15) is 17.5 Å². The van der Waals surface area contributed by atoms with Gasteiger partial charge >= 0.3 is 11.9 Å². The van der Waals surface area contributed by atoms with Gasteiger partial charge in [0, 0.05) is 51.7 Å². The van der Waals surface area contributed by atoms with E-state index in [0.29, 0.717) is 12.8 Å². The third-order valence-electron chi connectivity index (χ3n) is 9.72. The molecule has 1 saturated heterocycles. The van der Waals surface area contributed by atoms with Gasteiger partial charge in [-0.2, -0.15) is 0 Å². The van der Waals surface area contributed by atoms with E-state index in [0.717, 1.165) is 0 Å². The lowest BCUT2D eigenvalue weighted by atomic mass is 9.40. The number of carbonyl (C=O) groups is 4. The highest BCUT2D eigenvalue weighted by Gasteiger charge is 2.70. The fraction of sp³-hybridized carbons (Fsp3) is 0.846. The van der Waals surface area contributed by atoms with Crippen LogP contribution in [0.4, 0.5) is 0 Å². The SMILES string of the molecule is COC(=O)[C@@H]1C[C@H](OC(C)=O)C(=O)[C@@H]2[C@@]3(C)C[C@@H]([C@]4(O)[C@@H](OC)O[C@@H](OC)[C@H]4O)CC(=O)[C@@H]3CC[C@]21C. The Labute approximate surface area is 216 Å². The number of rotatable bonds is 5. The average Bonchev–Trinajstić information content (AvgIpc) is 3.09. The highest BCUT2D eigenvalue weighted by atomic mass is 16.8. The summed E-state index contributed by atoms with van der Waals surface area (Å²) in [6.45, 7) is 4.89. The van der Waals surface area contributed by atoms with Gasteiger partial charge in [0.05, 0.1) is 13.0 Å². The molecule has 4 aliphatic rings. The van der Waals surface area contributed by atoms with Crippen molar-refractivity contribution >= 4 is 23.5 Å². The number of ether oxygens (including phenoxy) is 5. The standard InChI is InChI=1S/C26H38O11/c1-12(27)36-17-10-15(21(31)33-4)24(2)8-7-14-16(28)9-13(11-25(14,3)19(24)18(17)29)26(32)20(30)22(34-5)37-23(26)35-6/h13-15,17,19-20,22-23,30,32H,7-11H2,1-6H3/t13-,14-,15-,17-,19-,20+,22+,23-,24-,25-,26+/m0/s1. The van der Waals surface area contributed by atoms with Gasteiger partial charge < -0.3 is 33.9 Å². The van der Waals surface area contributed by atoms with Crippen molar-refractivity contribution in [1.29, 1.82) is 0 Å². The number of esters is 2. The molecule has 11 atom stereocenters. The molecule has 0 spiro atoms. The molecule has 37 heavy (non-hydrogen) atoms. The van der Waals surface area contributed by atoms with Crippen LogP contribution in [0.2, 0.25) is 0 Å². The number of ketones is 2. The minimum Gasteiger partial charge on any atom is -0.469 e. The maximum absolute atomic E-state index is 14.0. The second-order valence-corrected chi connectivity index (χ2v) is 11.6. The molecule has 0 amide bonds. The average molecular weight is 527 g/mol. The number of hydrogen-bond donors (Lipinski definition) is 2. The maximum Gasteiger partial charge on any atom is 0.309 e. The van der Waals surface area contributed by atoms with Crippen LogP contribution in [-0.2, 0) is 42.9 Å². The number of aliphatic hydroxyl groups excluding tert-OH is 1. The Morgan fingerprint density at radius 1 is 1.08 bits per heavy atom. The molecular weight excluding hydrogens is 488 g/mol. The van der Waals surface area contributed by atoms with E-state index in [9.17, 15) is 29.4 Å². The lowest BCUT2D eigenvalue weighted by molar-refractivity contribution is -0.239. The van der Waals surface area contributed by atoms with Crippen LogP contribution in [0.3, 0.4) is 0 Å². The van der Waals surface area contributed by atoms with Crippen LogP contribution >= 0.6 is 0 Å². The summed E-state index contributed by atoms with van der Waals surface area (Å²) in [6.07, 6.45) is -4.06. The van der Waals surface area contributed by atoms with Crippen molar-refractivity contribution in [3.8, 4) is 0 Å². The Kier molecular flexibility index (Phi) is 7.35. The molecular formula is C26H38O11. The molecule has 2 N–H and O–H groups in total. The van der Waals surface area contributed by atoms with E-state index < -0.39 is 76.8 Å². The minimum absolute atomic E-state index is 0.00790. The van der Waals surface area contributed by atoms with Crippen molar-refractivity contribution in [2.24, 2.45) is 34.5 Å². The molecule has 0 aromatic heterocycles. The van der Waals surface area contributed by atoms with Gasteiger partial charge in [-0.05, 0) is 30.1 Å². The molecule has 208 valence electrons. The molecule has 4 rings (SSSR count). The fourth-order valence-electron chi connectivity index (χ4n) is 8.14. The number of methoxy groups -OCH3 is 3. The molecule has 11 nitrogen and oxygen atoms in total. The molecule has 0 unspecified atom stereocenters. The van der Waals surface area contributed by atoms with E-state index in [4.69, 9.17) is 23.7 Å². The summed E-state index contributed by atoms with van der Waals surface area (Å²) in [6, 6.07) is 0. The van der Waals surface area contributed by atoms with Crippen LogP contribution in [0.25, 0.3) is 0 Å². The van der Waals surface area contributed by atoms with Gasteiger partial charge in [-0.1, -0.05) is 13.8 Å². The first-order chi connectivity index (χ1) is 17.3. The first-order valence-corrected chi connectivity index (χ1v) is 12.7. The number of Topliss-reactive ketones (excluding diaryl/α,β-unsaturated/α-hetero) is 2. The second kappa shape index (κ2) is 9.68. The van der Waals surface area contributed by atoms with Crippen LogP contribution in [-0.4, -0.2) is 85.4 Å². The summed E-state index contributed by atoms with van der Waals surface area (Å²) in [5.41, 5.74) is -3.85. The lowest BCUT2D eigenvalue weighted by Crippen LogP contribution is -2.67. The molecule has 11 heteroatoms. The van der Waals surface area contributed by atoms with Crippen molar-refractivity contribution in [3.63, 3.8) is 0 Å². The summed E-state index contributed by atoms with van der Waals surface area (Å²) in [4.78, 5) is 52.4. The van der Waals surface area contributed by atoms with Crippen molar-refractivity contribution in [2.45, 2.75) is 83.3 Å². The summed E-state index contributed by atoms with van der Waals surface area (Å²) in [7, 11) is 3.92. The van der Waals surface area contributed by atoms with Crippen LogP contribution in [0.1, 0.15) is 52.9 Å². The van der Waals surface area contributed by atoms with Crippen molar-refractivity contribution < 1.29 is 53.1 Å². The van der Waals surface area contributed by atoms with E-state index in [1.165, 1.54) is 28.3 Å². The third-order valence-corrected chi connectivity index (χ3v) is 9.72. The highest BCUT2D eigenvalue weighted by Crippen LogP contribution is 2.66. The largest absolute Gasteiger partial charge is 0.469 e. The molecule has 0 aromatic rings. The van der Waals surface area contributed by atoms with Gasteiger partial charge in [0.25, 0.3) is 0 Å². The van der Waals surface area contributed by atoms with E-state index in [-0.39, 0.29) is 30.8 Å². The van der Waals surface area contributed by atoms with Crippen LogP contribution in [0.5, 0.6) is 0 Å². The van der Waals surface area contributed by atoms with Crippen LogP contribution < -0.4 is 0 Å². The summed E-state index contributed by atoms with van der Waals surface area (Å²) in [5.74, 6) is -4.54. The van der Waals surface area contributed by atoms with E-state index >= 15 is 0 Å². The number of fused-ring (bicyclic) bond motifs is 3.